The number of rotatable bonds is 3. The fourth-order valence-electron chi connectivity index (χ4n) is 5.41. The van der Waals surface area contributed by atoms with Gasteiger partial charge in [-0.2, -0.15) is 0 Å². The predicted octanol–water partition coefficient (Wildman–Crippen LogP) is 3.44. The summed E-state index contributed by atoms with van der Waals surface area (Å²) in [6.45, 7) is 6.46. The fourth-order valence-corrected chi connectivity index (χ4v) is 5.41. The number of carbonyl (C=O) groups is 2. The van der Waals surface area contributed by atoms with Gasteiger partial charge in [-0.05, 0) is 43.6 Å². The average molecular weight is 346 g/mol. The topological polar surface area (TPSA) is 63.6 Å². The number of hydrogen-bond donors (Lipinski definition) is 1. The Bertz CT molecular complexity index is 632. The molecule has 3 rings (SSSR count). The number of esters is 1. The highest BCUT2D eigenvalue weighted by Crippen LogP contribution is 2.63. The molecule has 0 aromatic rings. The maximum absolute atomic E-state index is 12.8. The van der Waals surface area contributed by atoms with Crippen molar-refractivity contribution in [2.45, 2.75) is 59.0 Å². The molecular formula is C21H30O4. The monoisotopic (exact) mass is 346 g/mol. The van der Waals surface area contributed by atoms with Crippen LogP contribution in [-0.2, 0) is 14.3 Å². The molecule has 0 saturated heterocycles. The van der Waals surface area contributed by atoms with Crippen LogP contribution in [0.3, 0.4) is 0 Å². The number of allylic oxidation sites excluding steroid dienone is 3. The Kier molecular flexibility index (Phi) is 4.69. The molecule has 138 valence electrons. The Morgan fingerprint density at radius 3 is 2.64 bits per heavy atom. The van der Waals surface area contributed by atoms with E-state index in [2.05, 4.69) is 26.8 Å². The molecule has 0 aromatic carbocycles. The minimum atomic E-state index is -0.556. The van der Waals surface area contributed by atoms with Gasteiger partial charge in [0, 0.05) is 17.3 Å². The lowest BCUT2D eigenvalue weighted by atomic mass is 9.54. The van der Waals surface area contributed by atoms with Crippen molar-refractivity contribution in [3.63, 3.8) is 0 Å². The lowest BCUT2D eigenvalue weighted by molar-refractivity contribution is -0.154. The summed E-state index contributed by atoms with van der Waals surface area (Å²) in [5.74, 6) is -0.0477. The number of aliphatic hydroxyl groups excluding tert-OH is 1. The van der Waals surface area contributed by atoms with E-state index in [1.54, 1.807) is 0 Å². The first-order valence-electron chi connectivity index (χ1n) is 9.43. The van der Waals surface area contributed by atoms with Crippen molar-refractivity contribution in [2.24, 2.45) is 28.6 Å². The number of fused-ring (bicyclic) bond motifs is 3. The SMILES string of the molecule is COC(=O)[C@@]12CCC(C(C)C)=C1[C@@H]1C=CC(C=O)CC(O)[C@@]1(C)CC2. The number of aldehydes is 1. The van der Waals surface area contributed by atoms with Crippen LogP contribution in [0.15, 0.2) is 23.3 Å². The Hall–Kier alpha value is -1.42. The summed E-state index contributed by atoms with van der Waals surface area (Å²) < 4.78 is 5.22. The zero-order valence-corrected chi connectivity index (χ0v) is 15.7. The van der Waals surface area contributed by atoms with Crippen molar-refractivity contribution in [2.75, 3.05) is 7.11 Å². The number of methoxy groups -OCH3 is 1. The summed E-state index contributed by atoms with van der Waals surface area (Å²) >= 11 is 0. The first-order valence-corrected chi connectivity index (χ1v) is 9.43. The first kappa shape index (κ1) is 18.4. The third kappa shape index (κ3) is 2.61. The van der Waals surface area contributed by atoms with Crippen molar-refractivity contribution in [1.29, 1.82) is 0 Å². The highest BCUT2D eigenvalue weighted by Gasteiger charge is 2.59. The molecule has 1 saturated carbocycles. The van der Waals surface area contributed by atoms with Crippen LogP contribution in [0.4, 0.5) is 0 Å². The summed E-state index contributed by atoms with van der Waals surface area (Å²) in [7, 11) is 1.47. The van der Waals surface area contributed by atoms with E-state index in [1.165, 1.54) is 18.3 Å². The number of aliphatic hydroxyl groups is 1. The molecule has 1 fully saturated rings. The maximum atomic E-state index is 12.8. The van der Waals surface area contributed by atoms with Gasteiger partial charge in [0.1, 0.15) is 6.29 Å². The van der Waals surface area contributed by atoms with E-state index in [-0.39, 0.29) is 23.2 Å². The second-order valence-electron chi connectivity index (χ2n) is 8.59. The van der Waals surface area contributed by atoms with Crippen LogP contribution >= 0.6 is 0 Å². The quantitative estimate of drug-likeness (QED) is 0.483. The molecule has 0 aromatic heterocycles. The van der Waals surface area contributed by atoms with Crippen molar-refractivity contribution in [3.05, 3.63) is 23.3 Å². The van der Waals surface area contributed by atoms with Crippen LogP contribution in [0.5, 0.6) is 0 Å². The molecular weight excluding hydrogens is 316 g/mol. The molecule has 0 bridgehead atoms. The maximum Gasteiger partial charge on any atom is 0.315 e. The summed E-state index contributed by atoms with van der Waals surface area (Å²) in [6, 6.07) is 0. The zero-order chi connectivity index (χ0) is 18.4. The summed E-state index contributed by atoms with van der Waals surface area (Å²) in [4.78, 5) is 24.1. The van der Waals surface area contributed by atoms with E-state index in [0.717, 1.165) is 32.0 Å². The molecule has 0 aliphatic heterocycles. The molecule has 4 heteroatoms. The van der Waals surface area contributed by atoms with E-state index in [9.17, 15) is 14.7 Å². The average Bonchev–Trinajstić information content (AvgIpc) is 2.94. The molecule has 2 unspecified atom stereocenters. The van der Waals surface area contributed by atoms with Gasteiger partial charge in [-0.1, -0.05) is 38.5 Å². The number of hydrogen-bond acceptors (Lipinski definition) is 4. The highest BCUT2D eigenvalue weighted by atomic mass is 16.5. The molecule has 0 heterocycles. The minimum absolute atomic E-state index is 0.0137. The molecule has 1 N–H and O–H groups in total. The van der Waals surface area contributed by atoms with Gasteiger partial charge in [0.2, 0.25) is 0 Å². The van der Waals surface area contributed by atoms with Crippen LogP contribution in [0.2, 0.25) is 0 Å². The Morgan fingerprint density at radius 2 is 2.04 bits per heavy atom. The van der Waals surface area contributed by atoms with Gasteiger partial charge >= 0.3 is 5.97 Å². The molecule has 0 amide bonds. The van der Waals surface area contributed by atoms with Crippen LogP contribution in [0, 0.1) is 28.6 Å². The van der Waals surface area contributed by atoms with E-state index in [4.69, 9.17) is 4.74 Å². The van der Waals surface area contributed by atoms with Crippen molar-refractivity contribution < 1.29 is 19.4 Å². The fraction of sp³-hybridized carbons (Fsp3) is 0.714. The van der Waals surface area contributed by atoms with E-state index in [0.29, 0.717) is 12.3 Å². The molecule has 25 heavy (non-hydrogen) atoms. The van der Waals surface area contributed by atoms with Gasteiger partial charge in [0.15, 0.2) is 0 Å². The highest BCUT2D eigenvalue weighted by molar-refractivity contribution is 5.82. The minimum Gasteiger partial charge on any atom is -0.468 e. The molecule has 3 aliphatic rings. The normalized spacial score (nSPS) is 40.5. The number of ether oxygens (including phenoxy) is 1. The van der Waals surface area contributed by atoms with E-state index in [1.807, 2.05) is 6.08 Å². The van der Waals surface area contributed by atoms with Gasteiger partial charge in [0.05, 0.1) is 18.6 Å². The number of carbonyl (C=O) groups excluding carboxylic acids is 2. The summed E-state index contributed by atoms with van der Waals surface area (Å²) in [5, 5.41) is 10.9. The molecule has 4 nitrogen and oxygen atoms in total. The van der Waals surface area contributed by atoms with Gasteiger partial charge in [-0.15, -0.1) is 0 Å². The van der Waals surface area contributed by atoms with Gasteiger partial charge in [0.25, 0.3) is 0 Å². The van der Waals surface area contributed by atoms with E-state index >= 15 is 0 Å². The van der Waals surface area contributed by atoms with Gasteiger partial charge in [-0.25, -0.2) is 0 Å². The van der Waals surface area contributed by atoms with Gasteiger partial charge < -0.3 is 14.6 Å². The van der Waals surface area contributed by atoms with Crippen LogP contribution in [-0.4, -0.2) is 30.6 Å². The predicted molar refractivity (Wildman–Crippen MR) is 95.7 cm³/mol. The second kappa shape index (κ2) is 6.39. The molecule has 3 aliphatic carbocycles. The summed E-state index contributed by atoms with van der Waals surface area (Å²) in [5.41, 5.74) is 1.61. The molecule has 5 atom stereocenters. The Morgan fingerprint density at radius 1 is 1.32 bits per heavy atom. The van der Waals surface area contributed by atoms with E-state index < -0.39 is 11.5 Å². The molecule has 0 radical (unpaired) electrons. The van der Waals surface area contributed by atoms with Gasteiger partial charge in [-0.3, -0.25) is 4.79 Å². The van der Waals surface area contributed by atoms with Crippen molar-refractivity contribution in [3.8, 4) is 0 Å². The largest absolute Gasteiger partial charge is 0.468 e. The summed E-state index contributed by atoms with van der Waals surface area (Å²) in [6.07, 6.45) is 8.04. The van der Waals surface area contributed by atoms with Crippen LogP contribution < -0.4 is 0 Å². The van der Waals surface area contributed by atoms with Crippen LogP contribution in [0.1, 0.15) is 52.9 Å². The zero-order valence-electron chi connectivity index (χ0n) is 15.7. The molecule has 0 spiro atoms. The lowest BCUT2D eigenvalue weighted by Gasteiger charge is -2.50. The Balaban J connectivity index is 2.18. The van der Waals surface area contributed by atoms with Crippen molar-refractivity contribution in [1.82, 2.24) is 0 Å². The van der Waals surface area contributed by atoms with Crippen molar-refractivity contribution >= 4 is 12.3 Å². The second-order valence-corrected chi connectivity index (χ2v) is 8.59. The Labute approximate surface area is 150 Å². The first-order chi connectivity index (χ1) is 11.8. The smallest absolute Gasteiger partial charge is 0.315 e. The third-order valence-corrected chi connectivity index (χ3v) is 7.05. The lowest BCUT2D eigenvalue weighted by Crippen LogP contribution is -2.49. The standard InChI is InChI=1S/C21H30O4/c1-13(2)15-7-8-21(19(24)25-4)10-9-20(3)16(18(15)21)6-5-14(12-22)11-17(20)23/h5-6,12-14,16-17,23H,7-11H2,1-4H3/t14?,16-,17?,20-,21+/m0/s1. The van der Waals surface area contributed by atoms with Crippen LogP contribution in [0.25, 0.3) is 0 Å². The third-order valence-electron chi connectivity index (χ3n) is 7.05.